The molecule has 0 fully saturated rings. The topological polar surface area (TPSA) is 29.5 Å². The molecule has 2 aliphatic carbocycles. The Balaban J connectivity index is 2.13. The Morgan fingerprint density at radius 3 is 2.95 bits per heavy atom. The van der Waals surface area contributed by atoms with Crippen molar-refractivity contribution < 1.29 is 10.1 Å². The maximum atomic E-state index is 9.39. The van der Waals surface area contributed by atoms with Crippen molar-refractivity contribution in [3.63, 3.8) is 0 Å². The first-order valence-corrected chi connectivity index (χ1v) is 7.94. The first-order valence-electron chi connectivity index (χ1n) is 7.94. The van der Waals surface area contributed by atoms with Gasteiger partial charge in [0.2, 0.25) is 0 Å². The minimum Gasteiger partial charge on any atom is -0.251 e. The number of hydrogen-bond donors (Lipinski definition) is 1. The lowest BCUT2D eigenvalue weighted by Crippen LogP contribution is -2.32. The van der Waals surface area contributed by atoms with E-state index in [4.69, 9.17) is 4.89 Å². The predicted octanol–water partition coefficient (Wildman–Crippen LogP) is 5.14. The summed E-state index contributed by atoms with van der Waals surface area (Å²) in [6.07, 6.45) is 16.3. The molecule has 0 aromatic rings. The van der Waals surface area contributed by atoms with Gasteiger partial charge in [0.1, 0.15) is 5.60 Å². The first kappa shape index (κ1) is 15.5. The van der Waals surface area contributed by atoms with E-state index in [9.17, 15) is 5.26 Å². The maximum absolute atomic E-state index is 9.39. The summed E-state index contributed by atoms with van der Waals surface area (Å²) >= 11 is 0. The number of allylic oxidation sites excluding steroid dienone is 4. The minimum atomic E-state index is -0.502. The van der Waals surface area contributed by atoms with Gasteiger partial charge in [0.05, 0.1) is 0 Å². The molecule has 20 heavy (non-hydrogen) atoms. The van der Waals surface area contributed by atoms with Gasteiger partial charge in [-0.15, -0.1) is 0 Å². The summed E-state index contributed by atoms with van der Waals surface area (Å²) in [5.41, 5.74) is 0.802. The summed E-state index contributed by atoms with van der Waals surface area (Å²) in [5.74, 6) is 1.84. The van der Waals surface area contributed by atoms with Crippen molar-refractivity contribution in [2.45, 2.75) is 58.5 Å². The third-order valence-electron chi connectivity index (χ3n) is 5.00. The first-order chi connectivity index (χ1) is 9.60. The molecule has 0 aliphatic heterocycles. The summed E-state index contributed by atoms with van der Waals surface area (Å²) in [5, 5.41) is 9.39. The normalized spacial score (nSPS) is 38.2. The highest BCUT2D eigenvalue weighted by atomic mass is 17.1. The number of rotatable bonds is 4. The Kier molecular flexibility index (Phi) is 5.22. The van der Waals surface area contributed by atoms with Gasteiger partial charge in [-0.05, 0) is 43.9 Å². The second kappa shape index (κ2) is 6.73. The standard InChI is InChI=1S/C18H28O2/c1-4-16-9-5-8-15(3)17(16)10-12-18(20-19)11-6-7-14(2)13-18/h5,7-8,10,12,15-17,19H,4,6,9,11,13H2,1-3H3/b12-10+. The fourth-order valence-electron chi connectivity index (χ4n) is 3.69. The molecule has 0 spiro atoms. The molecule has 1 N–H and O–H groups in total. The van der Waals surface area contributed by atoms with Gasteiger partial charge < -0.3 is 0 Å². The van der Waals surface area contributed by atoms with Gasteiger partial charge in [-0.2, -0.15) is 0 Å². The molecular weight excluding hydrogens is 248 g/mol. The minimum absolute atomic E-state index is 0.502. The van der Waals surface area contributed by atoms with Crippen LogP contribution in [0, 0.1) is 17.8 Å². The second-order valence-electron chi connectivity index (χ2n) is 6.55. The largest absolute Gasteiger partial charge is 0.251 e. The third-order valence-corrected chi connectivity index (χ3v) is 5.00. The molecule has 0 heterocycles. The lowest BCUT2D eigenvalue weighted by atomic mass is 9.74. The highest BCUT2D eigenvalue weighted by molar-refractivity contribution is 5.18. The molecule has 0 aromatic carbocycles. The van der Waals surface area contributed by atoms with Crippen molar-refractivity contribution in [1.82, 2.24) is 0 Å². The van der Waals surface area contributed by atoms with E-state index in [1.807, 2.05) is 0 Å². The highest BCUT2D eigenvalue weighted by Crippen LogP contribution is 2.37. The number of hydrogen-bond acceptors (Lipinski definition) is 2. The summed E-state index contributed by atoms with van der Waals surface area (Å²) in [6.45, 7) is 6.66. The van der Waals surface area contributed by atoms with E-state index in [2.05, 4.69) is 51.2 Å². The zero-order valence-corrected chi connectivity index (χ0v) is 13.0. The van der Waals surface area contributed by atoms with Crippen LogP contribution in [-0.2, 0) is 4.89 Å². The molecule has 2 aliphatic rings. The van der Waals surface area contributed by atoms with Crippen LogP contribution >= 0.6 is 0 Å². The highest BCUT2D eigenvalue weighted by Gasteiger charge is 2.32. The van der Waals surface area contributed by atoms with Crippen LogP contribution in [0.3, 0.4) is 0 Å². The van der Waals surface area contributed by atoms with Gasteiger partial charge >= 0.3 is 0 Å². The molecular formula is C18H28O2. The molecule has 0 bridgehead atoms. The quantitative estimate of drug-likeness (QED) is 0.437. The molecule has 2 heteroatoms. The molecule has 4 atom stereocenters. The van der Waals surface area contributed by atoms with Crippen molar-refractivity contribution in [2.24, 2.45) is 17.8 Å². The predicted molar refractivity (Wildman–Crippen MR) is 83.4 cm³/mol. The van der Waals surface area contributed by atoms with Crippen LogP contribution < -0.4 is 0 Å². The fourth-order valence-corrected chi connectivity index (χ4v) is 3.69. The Bertz CT molecular complexity index is 408. The average molecular weight is 276 g/mol. The van der Waals surface area contributed by atoms with Gasteiger partial charge in [-0.25, -0.2) is 4.89 Å². The second-order valence-corrected chi connectivity index (χ2v) is 6.55. The van der Waals surface area contributed by atoms with Gasteiger partial charge in [-0.1, -0.05) is 56.2 Å². The third kappa shape index (κ3) is 3.42. The van der Waals surface area contributed by atoms with E-state index in [-0.39, 0.29) is 0 Å². The van der Waals surface area contributed by atoms with Crippen LogP contribution in [0.2, 0.25) is 0 Å². The molecule has 0 saturated carbocycles. The van der Waals surface area contributed by atoms with E-state index < -0.39 is 5.60 Å². The molecule has 2 nitrogen and oxygen atoms in total. The van der Waals surface area contributed by atoms with E-state index in [0.29, 0.717) is 17.8 Å². The molecule has 0 radical (unpaired) electrons. The van der Waals surface area contributed by atoms with Gasteiger partial charge in [0.15, 0.2) is 0 Å². The summed E-state index contributed by atoms with van der Waals surface area (Å²) in [6, 6.07) is 0. The van der Waals surface area contributed by atoms with Crippen LogP contribution in [0.15, 0.2) is 36.0 Å². The van der Waals surface area contributed by atoms with Crippen molar-refractivity contribution >= 4 is 0 Å². The van der Waals surface area contributed by atoms with Crippen molar-refractivity contribution in [3.8, 4) is 0 Å². The average Bonchev–Trinajstić information content (AvgIpc) is 2.45. The molecule has 0 amide bonds. The van der Waals surface area contributed by atoms with E-state index >= 15 is 0 Å². The SMILES string of the molecule is CCC1CC=CC(C)C1/C=C/C1(OO)CCC=C(C)C1. The van der Waals surface area contributed by atoms with Crippen molar-refractivity contribution in [1.29, 1.82) is 0 Å². The Morgan fingerprint density at radius 1 is 1.50 bits per heavy atom. The van der Waals surface area contributed by atoms with Gasteiger partial charge in [0, 0.05) is 6.42 Å². The lowest BCUT2D eigenvalue weighted by Gasteiger charge is -2.34. The van der Waals surface area contributed by atoms with Crippen LogP contribution in [0.1, 0.15) is 52.9 Å². The molecule has 4 unspecified atom stereocenters. The summed E-state index contributed by atoms with van der Waals surface area (Å²) in [4.78, 5) is 4.90. The van der Waals surface area contributed by atoms with E-state index in [0.717, 1.165) is 19.3 Å². The van der Waals surface area contributed by atoms with Gasteiger partial charge in [0.25, 0.3) is 0 Å². The van der Waals surface area contributed by atoms with Gasteiger partial charge in [-0.3, -0.25) is 5.26 Å². The van der Waals surface area contributed by atoms with Crippen LogP contribution in [-0.4, -0.2) is 10.9 Å². The maximum Gasteiger partial charge on any atom is 0.125 e. The summed E-state index contributed by atoms with van der Waals surface area (Å²) < 4.78 is 0. The van der Waals surface area contributed by atoms with Crippen LogP contribution in [0.5, 0.6) is 0 Å². The molecule has 0 saturated heterocycles. The molecule has 112 valence electrons. The van der Waals surface area contributed by atoms with Crippen molar-refractivity contribution in [3.05, 3.63) is 36.0 Å². The molecule has 2 rings (SSSR count). The zero-order valence-electron chi connectivity index (χ0n) is 13.0. The Labute approximate surface area is 123 Å². The Hall–Kier alpha value is -0.860. The van der Waals surface area contributed by atoms with Crippen LogP contribution in [0.25, 0.3) is 0 Å². The Morgan fingerprint density at radius 2 is 2.30 bits per heavy atom. The lowest BCUT2D eigenvalue weighted by molar-refractivity contribution is -0.309. The smallest absolute Gasteiger partial charge is 0.125 e. The fraction of sp³-hybridized carbons (Fsp3) is 0.667. The van der Waals surface area contributed by atoms with Crippen molar-refractivity contribution in [2.75, 3.05) is 0 Å². The van der Waals surface area contributed by atoms with Crippen LogP contribution in [0.4, 0.5) is 0 Å². The van der Waals surface area contributed by atoms with E-state index in [1.54, 1.807) is 0 Å². The summed E-state index contributed by atoms with van der Waals surface area (Å²) in [7, 11) is 0. The monoisotopic (exact) mass is 276 g/mol. The van der Waals surface area contributed by atoms with E-state index in [1.165, 1.54) is 18.4 Å². The molecule has 0 aromatic heterocycles. The zero-order chi connectivity index (χ0) is 14.6.